The molecule has 1 atom stereocenters. The van der Waals surface area contributed by atoms with Gasteiger partial charge in [0.2, 0.25) is 0 Å². The van der Waals surface area contributed by atoms with E-state index in [1.807, 2.05) is 13.1 Å². The maximum absolute atomic E-state index is 10.8. The van der Waals surface area contributed by atoms with Gasteiger partial charge in [0, 0.05) is 19.6 Å². The largest absolute Gasteiger partial charge is 0.478 e. The molecule has 1 aliphatic heterocycles. The Hall–Kier alpha value is -1.71. The van der Waals surface area contributed by atoms with Gasteiger partial charge < -0.3 is 15.3 Å². The van der Waals surface area contributed by atoms with Crippen LogP contribution in [0.1, 0.15) is 17.3 Å². The molecule has 2 N–H and O–H groups in total. The van der Waals surface area contributed by atoms with Crippen LogP contribution in [0.25, 0.3) is 0 Å². The van der Waals surface area contributed by atoms with Crippen LogP contribution in [0.4, 0.5) is 11.4 Å². The molecule has 0 spiro atoms. The van der Waals surface area contributed by atoms with Crippen LogP contribution in [-0.2, 0) is 0 Å². The Labute approximate surface area is 88.5 Å². The normalized spacial score (nSPS) is 19.3. The minimum Gasteiger partial charge on any atom is -0.478 e. The Bertz CT molecular complexity index is 404. The lowest BCUT2D eigenvalue weighted by Crippen LogP contribution is -2.39. The van der Waals surface area contributed by atoms with Crippen LogP contribution in [0.2, 0.25) is 0 Å². The third kappa shape index (κ3) is 1.63. The fourth-order valence-corrected chi connectivity index (χ4v) is 1.74. The summed E-state index contributed by atoms with van der Waals surface area (Å²) in [5.41, 5.74) is 2.28. The van der Waals surface area contributed by atoms with E-state index >= 15 is 0 Å². The molecule has 1 heterocycles. The highest BCUT2D eigenvalue weighted by molar-refractivity contribution is 5.91. The summed E-state index contributed by atoms with van der Waals surface area (Å²) in [4.78, 5) is 12.9. The third-order valence-corrected chi connectivity index (χ3v) is 2.87. The summed E-state index contributed by atoms with van der Waals surface area (Å²) in [5.74, 6) is -0.885. The Balaban J connectivity index is 2.45. The smallest absolute Gasteiger partial charge is 0.335 e. The maximum Gasteiger partial charge on any atom is 0.335 e. The molecule has 0 saturated heterocycles. The number of hydrogen-bond donors (Lipinski definition) is 2. The summed E-state index contributed by atoms with van der Waals surface area (Å²) >= 11 is 0. The van der Waals surface area contributed by atoms with E-state index in [0.717, 1.165) is 17.9 Å². The number of nitrogens with one attached hydrogen (secondary N) is 1. The Morgan fingerprint density at radius 1 is 1.60 bits per heavy atom. The summed E-state index contributed by atoms with van der Waals surface area (Å²) in [5, 5.41) is 12.2. The van der Waals surface area contributed by atoms with Crippen molar-refractivity contribution in [1.82, 2.24) is 0 Å². The standard InChI is InChI=1S/C11H14N2O2/c1-7-6-12-9-4-3-8(11(14)15)5-10(9)13(7)2/h3-5,7,12H,6H2,1-2H3,(H,14,15). The first-order chi connectivity index (χ1) is 7.09. The van der Waals surface area contributed by atoms with Crippen LogP contribution < -0.4 is 10.2 Å². The monoisotopic (exact) mass is 206 g/mol. The molecule has 0 aliphatic carbocycles. The van der Waals surface area contributed by atoms with E-state index in [0.29, 0.717) is 11.6 Å². The van der Waals surface area contributed by atoms with E-state index in [2.05, 4.69) is 17.1 Å². The second-order valence-electron chi connectivity index (χ2n) is 3.88. The van der Waals surface area contributed by atoms with E-state index in [1.165, 1.54) is 0 Å². The SMILES string of the molecule is CC1CNc2ccc(C(=O)O)cc2N1C. The molecule has 0 radical (unpaired) electrons. The van der Waals surface area contributed by atoms with E-state index in [1.54, 1.807) is 12.1 Å². The molecule has 1 aromatic rings. The van der Waals surface area contributed by atoms with Gasteiger partial charge in [-0.15, -0.1) is 0 Å². The highest BCUT2D eigenvalue weighted by atomic mass is 16.4. The van der Waals surface area contributed by atoms with Gasteiger partial charge in [-0.25, -0.2) is 4.79 Å². The quantitative estimate of drug-likeness (QED) is 0.733. The first-order valence-corrected chi connectivity index (χ1v) is 4.93. The van der Waals surface area contributed by atoms with Gasteiger partial charge in [0.15, 0.2) is 0 Å². The molecule has 80 valence electrons. The number of carboxylic acid groups (broad SMARTS) is 1. The average Bonchev–Trinajstić information content (AvgIpc) is 2.23. The Morgan fingerprint density at radius 3 is 3.00 bits per heavy atom. The van der Waals surface area contributed by atoms with Crippen molar-refractivity contribution in [3.8, 4) is 0 Å². The fraction of sp³-hybridized carbons (Fsp3) is 0.364. The van der Waals surface area contributed by atoms with E-state index in [9.17, 15) is 4.79 Å². The van der Waals surface area contributed by atoms with E-state index in [-0.39, 0.29) is 0 Å². The van der Waals surface area contributed by atoms with Crippen LogP contribution in [0.3, 0.4) is 0 Å². The number of likely N-dealkylation sites (N-methyl/N-ethyl adjacent to an activating group) is 1. The van der Waals surface area contributed by atoms with Gasteiger partial charge in [0.25, 0.3) is 0 Å². The summed E-state index contributed by atoms with van der Waals surface area (Å²) in [6.45, 7) is 2.99. The molecule has 0 saturated carbocycles. The van der Waals surface area contributed by atoms with Gasteiger partial charge in [-0.3, -0.25) is 0 Å². The lowest BCUT2D eigenvalue weighted by molar-refractivity contribution is 0.0697. The van der Waals surface area contributed by atoms with Crippen LogP contribution in [0.5, 0.6) is 0 Å². The zero-order valence-electron chi connectivity index (χ0n) is 8.82. The van der Waals surface area contributed by atoms with E-state index < -0.39 is 5.97 Å². The maximum atomic E-state index is 10.8. The van der Waals surface area contributed by atoms with Crippen LogP contribution in [0.15, 0.2) is 18.2 Å². The van der Waals surface area contributed by atoms with Gasteiger partial charge in [-0.05, 0) is 25.1 Å². The van der Waals surface area contributed by atoms with Crippen molar-refractivity contribution < 1.29 is 9.90 Å². The third-order valence-electron chi connectivity index (χ3n) is 2.87. The van der Waals surface area contributed by atoms with Crippen LogP contribution >= 0.6 is 0 Å². The van der Waals surface area contributed by atoms with Gasteiger partial charge >= 0.3 is 5.97 Å². The first kappa shape index (κ1) is 9.83. The van der Waals surface area contributed by atoms with Crippen molar-refractivity contribution in [1.29, 1.82) is 0 Å². The van der Waals surface area contributed by atoms with Crippen molar-refractivity contribution >= 4 is 17.3 Å². The molecule has 1 aliphatic rings. The summed E-state index contributed by atoms with van der Waals surface area (Å²) in [6, 6.07) is 5.53. The number of fused-ring (bicyclic) bond motifs is 1. The second-order valence-corrected chi connectivity index (χ2v) is 3.88. The molecular weight excluding hydrogens is 192 g/mol. The minimum atomic E-state index is -0.885. The predicted octanol–water partition coefficient (Wildman–Crippen LogP) is 1.64. The number of nitrogens with zero attached hydrogens (tertiary/aromatic N) is 1. The molecule has 1 aromatic carbocycles. The van der Waals surface area contributed by atoms with Crippen molar-refractivity contribution in [3.63, 3.8) is 0 Å². The second kappa shape index (κ2) is 3.46. The fourth-order valence-electron chi connectivity index (χ4n) is 1.74. The molecule has 0 aromatic heterocycles. The number of rotatable bonds is 1. The average molecular weight is 206 g/mol. The lowest BCUT2D eigenvalue weighted by atomic mass is 10.1. The summed E-state index contributed by atoms with van der Waals surface area (Å²) in [6.07, 6.45) is 0. The minimum absolute atomic E-state index is 0.330. The first-order valence-electron chi connectivity index (χ1n) is 4.93. The Kier molecular flexibility index (Phi) is 2.26. The number of anilines is 2. The van der Waals surface area contributed by atoms with Crippen molar-refractivity contribution in [2.75, 3.05) is 23.8 Å². The number of benzene rings is 1. The molecule has 1 unspecified atom stereocenters. The van der Waals surface area contributed by atoms with Crippen molar-refractivity contribution in [2.45, 2.75) is 13.0 Å². The van der Waals surface area contributed by atoms with Gasteiger partial charge in [0.05, 0.1) is 16.9 Å². The number of aromatic carboxylic acids is 1. The number of carboxylic acids is 1. The number of carbonyl (C=O) groups is 1. The molecular formula is C11H14N2O2. The molecule has 0 fully saturated rings. The zero-order valence-corrected chi connectivity index (χ0v) is 8.82. The molecule has 15 heavy (non-hydrogen) atoms. The zero-order chi connectivity index (χ0) is 11.0. The molecule has 4 nitrogen and oxygen atoms in total. The molecule has 0 bridgehead atoms. The van der Waals surface area contributed by atoms with Gasteiger partial charge in [0.1, 0.15) is 0 Å². The van der Waals surface area contributed by atoms with Crippen LogP contribution in [0, 0.1) is 0 Å². The van der Waals surface area contributed by atoms with E-state index in [4.69, 9.17) is 5.11 Å². The highest BCUT2D eigenvalue weighted by Gasteiger charge is 2.20. The molecule has 0 amide bonds. The van der Waals surface area contributed by atoms with Gasteiger partial charge in [-0.1, -0.05) is 0 Å². The summed E-state index contributed by atoms with van der Waals surface area (Å²) in [7, 11) is 1.98. The molecule has 2 rings (SSSR count). The Morgan fingerprint density at radius 2 is 2.33 bits per heavy atom. The predicted molar refractivity (Wildman–Crippen MR) is 59.8 cm³/mol. The topological polar surface area (TPSA) is 52.6 Å². The number of hydrogen-bond acceptors (Lipinski definition) is 3. The lowest BCUT2D eigenvalue weighted by Gasteiger charge is -2.34. The van der Waals surface area contributed by atoms with Crippen LogP contribution in [-0.4, -0.2) is 30.7 Å². The molecule has 4 heteroatoms. The van der Waals surface area contributed by atoms with Crippen molar-refractivity contribution in [2.24, 2.45) is 0 Å². The summed E-state index contributed by atoms with van der Waals surface area (Å²) < 4.78 is 0. The van der Waals surface area contributed by atoms with Crippen molar-refractivity contribution in [3.05, 3.63) is 23.8 Å². The van der Waals surface area contributed by atoms with Gasteiger partial charge in [-0.2, -0.15) is 0 Å². The highest BCUT2D eigenvalue weighted by Crippen LogP contribution is 2.31.